The Hall–Kier alpha value is -2.76. The quantitative estimate of drug-likeness (QED) is 0.868. The number of benzene rings is 2. The molecular weight excluding hydrogens is 362 g/mol. The third-order valence-electron chi connectivity index (χ3n) is 5.46. The van der Waals surface area contributed by atoms with Crippen molar-refractivity contribution in [1.29, 1.82) is 0 Å². The zero-order chi connectivity index (χ0) is 20.3. The highest BCUT2D eigenvalue weighted by atomic mass is 19.1. The van der Waals surface area contributed by atoms with Gasteiger partial charge in [-0.1, -0.05) is 30.7 Å². The van der Waals surface area contributed by atoms with Crippen molar-refractivity contribution in [2.45, 2.75) is 33.2 Å². The SMILES string of the molecule is Cc1ccc(C(=O)N2CCC(C)(C(=O)NCc3ccc(F)cc3F)CC2)cc1. The van der Waals surface area contributed by atoms with Gasteiger partial charge in [-0.25, -0.2) is 8.78 Å². The molecule has 148 valence electrons. The third kappa shape index (κ3) is 4.38. The lowest BCUT2D eigenvalue weighted by atomic mass is 9.79. The minimum atomic E-state index is -0.677. The molecule has 2 aromatic rings. The van der Waals surface area contributed by atoms with E-state index in [9.17, 15) is 18.4 Å². The lowest BCUT2D eigenvalue weighted by Crippen LogP contribution is -2.48. The molecule has 1 N–H and O–H groups in total. The zero-order valence-electron chi connectivity index (χ0n) is 16.1. The van der Waals surface area contributed by atoms with Gasteiger partial charge in [0.15, 0.2) is 0 Å². The topological polar surface area (TPSA) is 49.4 Å². The molecule has 2 amide bonds. The molecule has 0 atom stereocenters. The van der Waals surface area contributed by atoms with Crippen molar-refractivity contribution < 1.29 is 18.4 Å². The van der Waals surface area contributed by atoms with Crippen LogP contribution in [0.3, 0.4) is 0 Å². The Bertz CT molecular complexity index is 873. The molecule has 1 heterocycles. The van der Waals surface area contributed by atoms with Gasteiger partial charge in [0, 0.05) is 42.2 Å². The summed E-state index contributed by atoms with van der Waals surface area (Å²) < 4.78 is 26.7. The molecule has 2 aromatic carbocycles. The fourth-order valence-electron chi connectivity index (χ4n) is 3.36. The van der Waals surface area contributed by atoms with Gasteiger partial charge in [-0.05, 0) is 38.0 Å². The van der Waals surface area contributed by atoms with E-state index in [0.29, 0.717) is 31.5 Å². The lowest BCUT2D eigenvalue weighted by molar-refractivity contribution is -0.132. The maximum Gasteiger partial charge on any atom is 0.253 e. The van der Waals surface area contributed by atoms with E-state index in [1.807, 2.05) is 38.1 Å². The van der Waals surface area contributed by atoms with Crippen LogP contribution in [0.4, 0.5) is 8.78 Å². The Balaban J connectivity index is 1.56. The number of rotatable bonds is 4. The summed E-state index contributed by atoms with van der Waals surface area (Å²) in [6.45, 7) is 4.81. The maximum atomic E-state index is 13.7. The van der Waals surface area contributed by atoms with Gasteiger partial charge < -0.3 is 10.2 Å². The molecule has 0 spiro atoms. The van der Waals surface area contributed by atoms with E-state index in [-0.39, 0.29) is 23.9 Å². The molecular formula is C22H24F2N2O2. The van der Waals surface area contributed by atoms with Crippen molar-refractivity contribution in [3.8, 4) is 0 Å². The maximum absolute atomic E-state index is 13.7. The average Bonchev–Trinajstić information content (AvgIpc) is 2.68. The molecule has 1 aliphatic heterocycles. The first-order chi connectivity index (χ1) is 13.3. The largest absolute Gasteiger partial charge is 0.351 e. The van der Waals surface area contributed by atoms with Gasteiger partial charge >= 0.3 is 0 Å². The van der Waals surface area contributed by atoms with E-state index in [2.05, 4.69) is 5.32 Å². The summed E-state index contributed by atoms with van der Waals surface area (Å²) in [6.07, 6.45) is 1.06. The molecule has 0 bridgehead atoms. The first-order valence-corrected chi connectivity index (χ1v) is 9.37. The van der Waals surface area contributed by atoms with Crippen LogP contribution in [0.1, 0.15) is 41.3 Å². The number of nitrogens with zero attached hydrogens (tertiary/aromatic N) is 1. The summed E-state index contributed by atoms with van der Waals surface area (Å²) in [5, 5.41) is 2.75. The van der Waals surface area contributed by atoms with Gasteiger partial charge in [0.2, 0.25) is 5.91 Å². The van der Waals surface area contributed by atoms with Gasteiger partial charge in [-0.2, -0.15) is 0 Å². The molecule has 0 unspecified atom stereocenters. The van der Waals surface area contributed by atoms with E-state index in [1.165, 1.54) is 12.1 Å². The minimum absolute atomic E-state index is 0.00650. The van der Waals surface area contributed by atoms with Gasteiger partial charge in [-0.3, -0.25) is 9.59 Å². The highest BCUT2D eigenvalue weighted by Gasteiger charge is 2.38. The standard InChI is InChI=1S/C22H24F2N2O2/c1-15-3-5-16(6-4-15)20(27)26-11-9-22(2,10-12-26)21(28)25-14-17-7-8-18(23)13-19(17)24/h3-8,13H,9-12,14H2,1-2H3,(H,25,28). The number of amides is 2. The second kappa shape index (κ2) is 8.09. The van der Waals surface area contributed by atoms with Crippen molar-refractivity contribution in [1.82, 2.24) is 10.2 Å². The summed E-state index contributed by atoms with van der Waals surface area (Å²) in [6, 6.07) is 10.7. The lowest BCUT2D eigenvalue weighted by Gasteiger charge is -2.38. The number of likely N-dealkylation sites (tertiary alicyclic amines) is 1. The molecule has 0 radical (unpaired) electrons. The van der Waals surface area contributed by atoms with Crippen molar-refractivity contribution in [3.05, 3.63) is 70.8 Å². The number of hydrogen-bond donors (Lipinski definition) is 1. The molecule has 1 fully saturated rings. The van der Waals surface area contributed by atoms with E-state index in [1.54, 1.807) is 4.90 Å². The van der Waals surface area contributed by atoms with Crippen LogP contribution in [0, 0.1) is 24.0 Å². The summed E-state index contributed by atoms with van der Waals surface area (Å²) in [4.78, 5) is 27.0. The monoisotopic (exact) mass is 386 g/mol. The fraction of sp³-hybridized carbons (Fsp3) is 0.364. The highest BCUT2D eigenvalue weighted by Crippen LogP contribution is 2.32. The number of carbonyl (C=O) groups excluding carboxylic acids is 2. The van der Waals surface area contributed by atoms with E-state index in [0.717, 1.165) is 11.6 Å². The fourth-order valence-corrected chi connectivity index (χ4v) is 3.36. The second-order valence-electron chi connectivity index (χ2n) is 7.64. The number of hydrogen-bond acceptors (Lipinski definition) is 2. The van der Waals surface area contributed by atoms with Crippen LogP contribution in [-0.4, -0.2) is 29.8 Å². The molecule has 0 saturated carbocycles. The number of piperidine rings is 1. The zero-order valence-corrected chi connectivity index (χ0v) is 16.1. The summed E-state index contributed by atoms with van der Waals surface area (Å²) in [5.74, 6) is -1.54. The number of halogens is 2. The molecule has 28 heavy (non-hydrogen) atoms. The Labute approximate surface area is 163 Å². The van der Waals surface area contributed by atoms with Crippen LogP contribution in [0.5, 0.6) is 0 Å². The summed E-state index contributed by atoms with van der Waals surface area (Å²) in [7, 11) is 0. The Morgan fingerprint density at radius 3 is 2.32 bits per heavy atom. The molecule has 3 rings (SSSR count). The van der Waals surface area contributed by atoms with Crippen LogP contribution < -0.4 is 5.32 Å². The Kier molecular flexibility index (Phi) is 5.77. The average molecular weight is 386 g/mol. The van der Waals surface area contributed by atoms with Crippen molar-refractivity contribution in [2.75, 3.05) is 13.1 Å². The molecule has 1 aliphatic rings. The van der Waals surface area contributed by atoms with Crippen LogP contribution in [0.2, 0.25) is 0 Å². The number of carbonyl (C=O) groups is 2. The highest BCUT2D eigenvalue weighted by molar-refractivity contribution is 5.94. The molecule has 4 nitrogen and oxygen atoms in total. The Morgan fingerprint density at radius 2 is 1.71 bits per heavy atom. The molecule has 1 saturated heterocycles. The number of nitrogens with one attached hydrogen (secondary N) is 1. The van der Waals surface area contributed by atoms with Crippen LogP contribution in [-0.2, 0) is 11.3 Å². The predicted molar refractivity (Wildman–Crippen MR) is 103 cm³/mol. The second-order valence-corrected chi connectivity index (χ2v) is 7.64. The van der Waals surface area contributed by atoms with Crippen LogP contribution in [0.25, 0.3) is 0 Å². The first-order valence-electron chi connectivity index (χ1n) is 9.37. The van der Waals surface area contributed by atoms with Crippen molar-refractivity contribution in [3.63, 3.8) is 0 Å². The minimum Gasteiger partial charge on any atom is -0.351 e. The van der Waals surface area contributed by atoms with Crippen molar-refractivity contribution in [2.24, 2.45) is 5.41 Å². The van der Waals surface area contributed by atoms with Crippen LogP contribution in [0.15, 0.2) is 42.5 Å². The third-order valence-corrected chi connectivity index (χ3v) is 5.46. The van der Waals surface area contributed by atoms with Gasteiger partial charge in [0.1, 0.15) is 11.6 Å². The van der Waals surface area contributed by atoms with Gasteiger partial charge in [0.25, 0.3) is 5.91 Å². The van der Waals surface area contributed by atoms with Crippen LogP contribution >= 0.6 is 0 Å². The molecule has 0 aromatic heterocycles. The van der Waals surface area contributed by atoms with E-state index < -0.39 is 17.0 Å². The molecule has 6 heteroatoms. The van der Waals surface area contributed by atoms with E-state index >= 15 is 0 Å². The smallest absolute Gasteiger partial charge is 0.253 e. The van der Waals surface area contributed by atoms with E-state index in [4.69, 9.17) is 0 Å². The van der Waals surface area contributed by atoms with Crippen molar-refractivity contribution >= 4 is 11.8 Å². The van der Waals surface area contributed by atoms with Gasteiger partial charge in [0.05, 0.1) is 0 Å². The number of aryl methyl sites for hydroxylation is 1. The predicted octanol–water partition coefficient (Wildman–Crippen LogP) is 3.83. The molecule has 0 aliphatic carbocycles. The Morgan fingerprint density at radius 1 is 1.07 bits per heavy atom. The summed E-state index contributed by atoms with van der Waals surface area (Å²) >= 11 is 0. The summed E-state index contributed by atoms with van der Waals surface area (Å²) in [5.41, 5.74) is 1.36. The van der Waals surface area contributed by atoms with Gasteiger partial charge in [-0.15, -0.1) is 0 Å². The first kappa shape index (κ1) is 20.0. The normalized spacial score (nSPS) is 15.9.